The molecule has 0 aliphatic carbocycles. The molecule has 3 aromatic heterocycles. The summed E-state index contributed by atoms with van der Waals surface area (Å²) in [5, 5.41) is 2.93. The standard InChI is InChI=1S/C27H20Cl2N4O3S/c28-20-11-16(7-8-19(20)26(35)32-24-6-2-4-10-31-24)15-33-21(14-18-5-1-3-9-30-18)22(34)12-17-13-23(29)37-25(17)27(33)36/h1-11,13,21H,12,14-15H2,(H,31,32,35). The van der Waals surface area contributed by atoms with Gasteiger partial charge in [-0.05, 0) is 53.6 Å². The summed E-state index contributed by atoms with van der Waals surface area (Å²) >= 11 is 13.8. The number of amides is 2. The first kappa shape index (κ1) is 25.1. The number of benzene rings is 1. The SMILES string of the molecule is O=C(Nc1ccccn1)c1ccc(CN2C(=O)c3sc(Cl)cc3CC(=O)C2Cc2ccccn2)cc1Cl. The van der Waals surface area contributed by atoms with Crippen LogP contribution in [0.25, 0.3) is 0 Å². The molecule has 1 atom stereocenters. The lowest BCUT2D eigenvalue weighted by Gasteiger charge is -2.29. The highest BCUT2D eigenvalue weighted by molar-refractivity contribution is 7.18. The topological polar surface area (TPSA) is 92.3 Å². The van der Waals surface area contributed by atoms with Gasteiger partial charge in [-0.25, -0.2) is 4.98 Å². The second-order valence-electron chi connectivity index (χ2n) is 8.51. The number of thiophene rings is 1. The number of fused-ring (bicyclic) bond motifs is 1. The van der Waals surface area contributed by atoms with Crippen LogP contribution in [-0.2, 0) is 24.2 Å². The van der Waals surface area contributed by atoms with Crippen molar-refractivity contribution in [3.63, 3.8) is 0 Å². The van der Waals surface area contributed by atoms with Crippen LogP contribution in [0, 0.1) is 0 Å². The van der Waals surface area contributed by atoms with E-state index in [1.54, 1.807) is 65.8 Å². The van der Waals surface area contributed by atoms with Gasteiger partial charge in [-0.15, -0.1) is 11.3 Å². The molecule has 0 radical (unpaired) electrons. The van der Waals surface area contributed by atoms with Crippen molar-refractivity contribution in [2.75, 3.05) is 5.32 Å². The van der Waals surface area contributed by atoms with E-state index in [0.717, 1.165) is 0 Å². The third-order valence-electron chi connectivity index (χ3n) is 6.01. The summed E-state index contributed by atoms with van der Waals surface area (Å²) < 4.78 is 0.459. The van der Waals surface area contributed by atoms with E-state index in [1.165, 1.54) is 11.3 Å². The molecule has 0 saturated heterocycles. The Morgan fingerprint density at radius 1 is 1.03 bits per heavy atom. The lowest BCUT2D eigenvalue weighted by molar-refractivity contribution is -0.122. The molecule has 4 aromatic rings. The van der Waals surface area contributed by atoms with E-state index < -0.39 is 11.9 Å². The molecule has 0 fully saturated rings. The predicted molar refractivity (Wildman–Crippen MR) is 143 cm³/mol. The molecule has 7 nitrogen and oxygen atoms in total. The fourth-order valence-electron chi connectivity index (χ4n) is 4.24. The van der Waals surface area contributed by atoms with Gasteiger partial charge in [-0.1, -0.05) is 41.4 Å². The van der Waals surface area contributed by atoms with Crippen molar-refractivity contribution in [3.05, 3.63) is 110 Å². The number of pyridine rings is 2. The second-order valence-corrected chi connectivity index (χ2v) is 10.6. The number of carbonyl (C=O) groups excluding carboxylic acids is 3. The Labute approximate surface area is 227 Å². The number of aromatic nitrogens is 2. The second kappa shape index (κ2) is 10.8. The number of rotatable bonds is 6. The number of halogens is 2. The maximum Gasteiger partial charge on any atom is 0.265 e. The van der Waals surface area contributed by atoms with Gasteiger partial charge >= 0.3 is 0 Å². The first-order valence-corrected chi connectivity index (χ1v) is 13.0. The van der Waals surface area contributed by atoms with Crippen molar-refractivity contribution in [2.24, 2.45) is 0 Å². The first-order chi connectivity index (χ1) is 17.9. The van der Waals surface area contributed by atoms with E-state index in [1.807, 2.05) is 12.1 Å². The molecule has 1 aliphatic rings. The Bertz CT molecular complexity index is 1480. The Morgan fingerprint density at radius 2 is 1.81 bits per heavy atom. The van der Waals surface area contributed by atoms with Gasteiger partial charge in [0.05, 0.1) is 25.8 Å². The van der Waals surface area contributed by atoms with E-state index in [4.69, 9.17) is 23.2 Å². The highest BCUT2D eigenvalue weighted by atomic mass is 35.5. The lowest BCUT2D eigenvalue weighted by Crippen LogP contribution is -2.44. The van der Waals surface area contributed by atoms with Gasteiger partial charge in [0, 0.05) is 37.5 Å². The molecule has 0 bridgehead atoms. The number of hydrogen-bond acceptors (Lipinski definition) is 6. The fraction of sp³-hybridized carbons (Fsp3) is 0.148. The molecule has 5 rings (SSSR count). The number of ketones is 1. The largest absolute Gasteiger partial charge is 0.323 e. The smallest absolute Gasteiger partial charge is 0.265 e. The number of nitrogens with zero attached hydrogens (tertiary/aromatic N) is 3. The monoisotopic (exact) mass is 550 g/mol. The molecule has 0 spiro atoms. The fourth-order valence-corrected chi connectivity index (χ4v) is 5.75. The number of carbonyl (C=O) groups is 3. The quantitative estimate of drug-likeness (QED) is 0.343. The van der Waals surface area contributed by atoms with Crippen molar-refractivity contribution < 1.29 is 14.4 Å². The zero-order chi connectivity index (χ0) is 25.9. The maximum absolute atomic E-state index is 13.7. The molecule has 186 valence electrons. The van der Waals surface area contributed by atoms with E-state index in [2.05, 4.69) is 15.3 Å². The molecule has 1 aromatic carbocycles. The summed E-state index contributed by atoms with van der Waals surface area (Å²) in [6.45, 7) is 0.124. The Kier molecular flexibility index (Phi) is 7.32. The van der Waals surface area contributed by atoms with Gasteiger partial charge < -0.3 is 10.2 Å². The summed E-state index contributed by atoms with van der Waals surface area (Å²) in [6.07, 6.45) is 3.64. The van der Waals surface area contributed by atoms with Crippen molar-refractivity contribution in [2.45, 2.75) is 25.4 Å². The number of Topliss-reactive ketones (excluding diaryl/α,β-unsaturated/α-hetero) is 1. The van der Waals surface area contributed by atoms with Crippen molar-refractivity contribution >= 4 is 58.0 Å². The van der Waals surface area contributed by atoms with Crippen LogP contribution in [-0.4, -0.2) is 38.5 Å². The summed E-state index contributed by atoms with van der Waals surface area (Å²) in [4.78, 5) is 50.2. The first-order valence-electron chi connectivity index (χ1n) is 11.4. The molecule has 2 amide bonds. The van der Waals surface area contributed by atoms with Gasteiger partial charge in [0.15, 0.2) is 5.78 Å². The van der Waals surface area contributed by atoms with Crippen molar-refractivity contribution in [1.82, 2.24) is 14.9 Å². The highest BCUT2D eigenvalue weighted by Gasteiger charge is 2.37. The third-order valence-corrected chi connectivity index (χ3v) is 7.62. The molecular weight excluding hydrogens is 531 g/mol. The maximum atomic E-state index is 13.7. The van der Waals surface area contributed by atoms with E-state index >= 15 is 0 Å². The minimum atomic E-state index is -0.716. The average Bonchev–Trinajstić information content (AvgIpc) is 3.23. The van der Waals surface area contributed by atoms with Gasteiger partial charge in [0.25, 0.3) is 11.8 Å². The zero-order valence-electron chi connectivity index (χ0n) is 19.4. The molecule has 0 saturated carbocycles. The summed E-state index contributed by atoms with van der Waals surface area (Å²) in [5.74, 6) is -0.359. The normalized spacial score (nSPS) is 15.3. The van der Waals surface area contributed by atoms with E-state index in [0.29, 0.717) is 31.9 Å². The summed E-state index contributed by atoms with van der Waals surface area (Å²) in [5.41, 5.74) is 2.30. The Hall–Kier alpha value is -3.59. The van der Waals surface area contributed by atoms with Crippen LogP contribution in [0.2, 0.25) is 9.36 Å². The molecule has 37 heavy (non-hydrogen) atoms. The molecular formula is C27H20Cl2N4O3S. The Balaban J connectivity index is 1.44. The minimum Gasteiger partial charge on any atom is -0.323 e. The third kappa shape index (κ3) is 5.56. The number of hydrogen-bond donors (Lipinski definition) is 1. The number of anilines is 1. The van der Waals surface area contributed by atoms with Gasteiger partial charge in [0.2, 0.25) is 0 Å². The van der Waals surface area contributed by atoms with Crippen LogP contribution in [0.4, 0.5) is 5.82 Å². The van der Waals surface area contributed by atoms with Crippen LogP contribution in [0.3, 0.4) is 0 Å². The number of nitrogens with one attached hydrogen (secondary N) is 1. The van der Waals surface area contributed by atoms with E-state index in [9.17, 15) is 14.4 Å². The minimum absolute atomic E-state index is 0.0929. The lowest BCUT2D eigenvalue weighted by atomic mass is 10.0. The zero-order valence-corrected chi connectivity index (χ0v) is 21.7. The van der Waals surface area contributed by atoms with Gasteiger partial charge in [0.1, 0.15) is 5.82 Å². The molecule has 4 heterocycles. The van der Waals surface area contributed by atoms with Gasteiger partial charge in [-0.3, -0.25) is 19.4 Å². The molecule has 1 unspecified atom stereocenters. The predicted octanol–water partition coefficient (Wildman–Crippen LogP) is 5.48. The van der Waals surface area contributed by atoms with Gasteiger partial charge in [-0.2, -0.15) is 0 Å². The summed E-state index contributed by atoms with van der Waals surface area (Å²) in [7, 11) is 0. The highest BCUT2D eigenvalue weighted by Crippen LogP contribution is 2.33. The Morgan fingerprint density at radius 3 is 2.51 bits per heavy atom. The van der Waals surface area contributed by atoms with E-state index in [-0.39, 0.29) is 41.7 Å². The molecule has 1 N–H and O–H groups in total. The van der Waals surface area contributed by atoms with Crippen LogP contribution >= 0.6 is 34.5 Å². The van der Waals surface area contributed by atoms with Crippen LogP contribution in [0.15, 0.2) is 73.1 Å². The molecule has 1 aliphatic heterocycles. The van der Waals surface area contributed by atoms with Crippen molar-refractivity contribution in [1.29, 1.82) is 0 Å². The average molecular weight is 551 g/mol. The van der Waals surface area contributed by atoms with Crippen LogP contribution < -0.4 is 5.32 Å². The van der Waals surface area contributed by atoms with Crippen LogP contribution in [0.1, 0.15) is 36.9 Å². The van der Waals surface area contributed by atoms with Crippen molar-refractivity contribution in [3.8, 4) is 0 Å². The summed E-state index contributed by atoms with van der Waals surface area (Å²) in [6, 6.07) is 16.6. The van der Waals surface area contributed by atoms with Crippen LogP contribution in [0.5, 0.6) is 0 Å². The molecule has 10 heteroatoms.